The summed E-state index contributed by atoms with van der Waals surface area (Å²) >= 11 is 0. The van der Waals surface area contributed by atoms with Gasteiger partial charge in [0.25, 0.3) is 0 Å². The second kappa shape index (κ2) is 9.00. The maximum Gasteiger partial charge on any atom is -0.0326 e. The Hall–Kier alpha value is 0. The Bertz CT molecular complexity index is 167. The van der Waals surface area contributed by atoms with Gasteiger partial charge in [-0.2, -0.15) is 0 Å². The van der Waals surface area contributed by atoms with Gasteiger partial charge in [-0.25, -0.2) is 0 Å². The smallest absolute Gasteiger partial charge is 0.0326 e. The van der Waals surface area contributed by atoms with Crippen molar-refractivity contribution in [2.24, 2.45) is 17.3 Å². The maximum atomic E-state index is 2.45. The van der Waals surface area contributed by atoms with Crippen LogP contribution in [0.1, 0.15) is 92.9 Å². The third kappa shape index (κ3) is 8.69. The summed E-state index contributed by atoms with van der Waals surface area (Å²) in [4.78, 5) is 0. The van der Waals surface area contributed by atoms with E-state index in [0.717, 1.165) is 11.8 Å². The number of hydrogen-bond acceptors (Lipinski definition) is 0. The Morgan fingerprint density at radius 1 is 0.824 bits per heavy atom. The minimum atomic E-state index is 0.525. The lowest BCUT2D eigenvalue weighted by molar-refractivity contribution is 0.172. The van der Waals surface area contributed by atoms with Gasteiger partial charge in [-0.1, -0.05) is 86.5 Å². The Labute approximate surface area is 111 Å². The molecule has 0 rings (SSSR count). The first kappa shape index (κ1) is 17.0. The van der Waals surface area contributed by atoms with Crippen molar-refractivity contribution in [2.75, 3.05) is 0 Å². The van der Waals surface area contributed by atoms with Crippen LogP contribution >= 0.6 is 0 Å². The van der Waals surface area contributed by atoms with Crippen LogP contribution < -0.4 is 0 Å². The van der Waals surface area contributed by atoms with E-state index in [1.807, 2.05) is 0 Å². The molecule has 0 N–H and O–H groups in total. The SMILES string of the molecule is CCCCCCCCC(C)C(C)(C)CC(C)C. The Morgan fingerprint density at radius 3 is 1.88 bits per heavy atom. The molecule has 0 nitrogen and oxygen atoms in total. The average molecular weight is 240 g/mol. The molecule has 0 amide bonds. The quantitative estimate of drug-likeness (QED) is 0.385. The first-order valence-electron chi connectivity index (χ1n) is 7.90. The highest BCUT2D eigenvalue weighted by Crippen LogP contribution is 2.36. The number of hydrogen-bond donors (Lipinski definition) is 0. The van der Waals surface area contributed by atoms with Crippen LogP contribution in [0.4, 0.5) is 0 Å². The lowest BCUT2D eigenvalue weighted by Gasteiger charge is -2.33. The summed E-state index contributed by atoms with van der Waals surface area (Å²) in [5.74, 6) is 1.70. The lowest BCUT2D eigenvalue weighted by Crippen LogP contribution is -2.23. The van der Waals surface area contributed by atoms with E-state index in [0.29, 0.717) is 5.41 Å². The Morgan fingerprint density at radius 2 is 1.35 bits per heavy atom. The molecule has 0 aromatic heterocycles. The average Bonchev–Trinajstić information content (AvgIpc) is 2.21. The minimum absolute atomic E-state index is 0.525. The van der Waals surface area contributed by atoms with Crippen molar-refractivity contribution in [1.82, 2.24) is 0 Å². The molecule has 17 heavy (non-hydrogen) atoms. The zero-order chi connectivity index (χ0) is 13.3. The van der Waals surface area contributed by atoms with Gasteiger partial charge in [0, 0.05) is 0 Å². The minimum Gasteiger partial charge on any atom is -0.0654 e. The van der Waals surface area contributed by atoms with Crippen LogP contribution in [0.15, 0.2) is 0 Å². The van der Waals surface area contributed by atoms with Crippen molar-refractivity contribution in [3.05, 3.63) is 0 Å². The predicted molar refractivity (Wildman–Crippen MR) is 80.4 cm³/mol. The summed E-state index contributed by atoms with van der Waals surface area (Å²) in [6.07, 6.45) is 11.3. The highest BCUT2D eigenvalue weighted by Gasteiger charge is 2.25. The molecular formula is C17H36. The molecule has 0 saturated heterocycles. The molecular weight excluding hydrogens is 204 g/mol. The van der Waals surface area contributed by atoms with Gasteiger partial charge < -0.3 is 0 Å². The summed E-state index contributed by atoms with van der Waals surface area (Å²) in [6.45, 7) is 14.3. The fourth-order valence-electron chi connectivity index (χ4n) is 2.87. The van der Waals surface area contributed by atoms with Gasteiger partial charge in [-0.05, 0) is 23.7 Å². The first-order chi connectivity index (χ1) is 7.90. The van der Waals surface area contributed by atoms with E-state index in [1.54, 1.807) is 0 Å². The zero-order valence-electron chi connectivity index (χ0n) is 13.3. The molecule has 104 valence electrons. The summed E-state index contributed by atoms with van der Waals surface area (Å²) in [7, 11) is 0. The molecule has 0 fully saturated rings. The Balaban J connectivity index is 3.66. The normalized spacial score (nSPS) is 14.3. The van der Waals surface area contributed by atoms with Gasteiger partial charge in [-0.15, -0.1) is 0 Å². The monoisotopic (exact) mass is 240 g/mol. The van der Waals surface area contributed by atoms with Crippen molar-refractivity contribution < 1.29 is 0 Å². The van der Waals surface area contributed by atoms with Crippen molar-refractivity contribution >= 4 is 0 Å². The molecule has 0 spiro atoms. The number of rotatable bonds is 10. The third-order valence-corrected chi connectivity index (χ3v) is 4.26. The van der Waals surface area contributed by atoms with Gasteiger partial charge in [0.15, 0.2) is 0 Å². The molecule has 0 heteroatoms. The van der Waals surface area contributed by atoms with E-state index >= 15 is 0 Å². The first-order valence-corrected chi connectivity index (χ1v) is 7.90. The molecule has 0 radical (unpaired) electrons. The van der Waals surface area contributed by atoms with Crippen LogP contribution in [0, 0.1) is 17.3 Å². The summed E-state index contributed by atoms with van der Waals surface area (Å²) < 4.78 is 0. The third-order valence-electron chi connectivity index (χ3n) is 4.26. The molecule has 0 aromatic carbocycles. The van der Waals surface area contributed by atoms with Crippen molar-refractivity contribution in [3.8, 4) is 0 Å². The largest absolute Gasteiger partial charge is 0.0654 e. The number of unbranched alkanes of at least 4 members (excludes halogenated alkanes) is 5. The molecule has 0 aromatic rings. The van der Waals surface area contributed by atoms with Crippen molar-refractivity contribution in [3.63, 3.8) is 0 Å². The van der Waals surface area contributed by atoms with Crippen molar-refractivity contribution in [2.45, 2.75) is 92.9 Å². The molecule has 0 bridgehead atoms. The topological polar surface area (TPSA) is 0 Å². The standard InChI is InChI=1S/C17H36/c1-7-8-9-10-11-12-13-16(4)17(5,6)14-15(2)3/h15-16H,7-14H2,1-6H3. The zero-order valence-corrected chi connectivity index (χ0v) is 13.3. The van der Waals surface area contributed by atoms with Gasteiger partial charge in [0.05, 0.1) is 0 Å². The van der Waals surface area contributed by atoms with Crippen LogP contribution in [-0.4, -0.2) is 0 Å². The van der Waals surface area contributed by atoms with Gasteiger partial charge in [0.2, 0.25) is 0 Å². The van der Waals surface area contributed by atoms with E-state index < -0.39 is 0 Å². The van der Waals surface area contributed by atoms with E-state index in [1.165, 1.54) is 51.4 Å². The summed E-state index contributed by atoms with van der Waals surface area (Å²) in [5, 5.41) is 0. The van der Waals surface area contributed by atoms with Gasteiger partial charge in [-0.3, -0.25) is 0 Å². The maximum absolute atomic E-state index is 2.45. The summed E-state index contributed by atoms with van der Waals surface area (Å²) in [5.41, 5.74) is 0.525. The molecule has 1 atom stereocenters. The van der Waals surface area contributed by atoms with Crippen LogP contribution in [0.2, 0.25) is 0 Å². The van der Waals surface area contributed by atoms with Gasteiger partial charge >= 0.3 is 0 Å². The molecule has 0 heterocycles. The fraction of sp³-hybridized carbons (Fsp3) is 1.00. The molecule has 0 aliphatic carbocycles. The van der Waals surface area contributed by atoms with Crippen LogP contribution in [0.5, 0.6) is 0 Å². The highest BCUT2D eigenvalue weighted by atomic mass is 14.3. The van der Waals surface area contributed by atoms with Crippen LogP contribution in [-0.2, 0) is 0 Å². The highest BCUT2D eigenvalue weighted by molar-refractivity contribution is 4.76. The predicted octanol–water partition coefficient (Wildman–Crippen LogP) is 6.45. The van der Waals surface area contributed by atoms with E-state index in [9.17, 15) is 0 Å². The second-order valence-corrected chi connectivity index (χ2v) is 7.04. The second-order valence-electron chi connectivity index (χ2n) is 7.04. The van der Waals surface area contributed by atoms with E-state index in [-0.39, 0.29) is 0 Å². The van der Waals surface area contributed by atoms with Gasteiger partial charge in [0.1, 0.15) is 0 Å². The van der Waals surface area contributed by atoms with Crippen molar-refractivity contribution in [1.29, 1.82) is 0 Å². The summed E-state index contributed by atoms with van der Waals surface area (Å²) in [6, 6.07) is 0. The lowest BCUT2D eigenvalue weighted by atomic mass is 9.72. The molecule has 0 aliphatic rings. The molecule has 1 unspecified atom stereocenters. The molecule has 0 saturated carbocycles. The van der Waals surface area contributed by atoms with E-state index in [2.05, 4.69) is 41.5 Å². The van der Waals surface area contributed by atoms with E-state index in [4.69, 9.17) is 0 Å². The molecule has 0 aliphatic heterocycles. The van der Waals surface area contributed by atoms with Crippen LogP contribution in [0.3, 0.4) is 0 Å². The Kier molecular flexibility index (Phi) is 9.00. The van der Waals surface area contributed by atoms with Crippen LogP contribution in [0.25, 0.3) is 0 Å². The fourth-order valence-corrected chi connectivity index (χ4v) is 2.87.